The maximum Gasteiger partial charge on any atom is 0.0468 e. The van der Waals surface area contributed by atoms with Crippen LogP contribution in [0.3, 0.4) is 0 Å². The highest BCUT2D eigenvalue weighted by Gasteiger charge is 2.17. The lowest BCUT2D eigenvalue weighted by Gasteiger charge is -2.29. The van der Waals surface area contributed by atoms with Crippen molar-refractivity contribution in [1.29, 1.82) is 0 Å². The van der Waals surface area contributed by atoms with Gasteiger partial charge in [0.15, 0.2) is 0 Å². The molecule has 0 amide bonds. The van der Waals surface area contributed by atoms with E-state index in [2.05, 4.69) is 45.1 Å². The Morgan fingerprint density at radius 2 is 1.79 bits per heavy atom. The van der Waals surface area contributed by atoms with E-state index in [9.17, 15) is 0 Å². The van der Waals surface area contributed by atoms with E-state index in [0.717, 1.165) is 17.1 Å². The van der Waals surface area contributed by atoms with Gasteiger partial charge in [-0.2, -0.15) is 0 Å². The molecular formula is C15H24Cl2N2. The number of nitrogens with zero attached hydrogens (tertiary/aromatic N) is 1. The van der Waals surface area contributed by atoms with Gasteiger partial charge >= 0.3 is 0 Å². The summed E-state index contributed by atoms with van der Waals surface area (Å²) in [6.07, 6.45) is 0. The lowest BCUT2D eigenvalue weighted by atomic mass is 10.0. The van der Waals surface area contributed by atoms with Gasteiger partial charge in [0.25, 0.3) is 0 Å². The highest BCUT2D eigenvalue weighted by molar-refractivity contribution is 6.35. The molecule has 0 aromatic heterocycles. The van der Waals surface area contributed by atoms with Crippen molar-refractivity contribution >= 4 is 23.2 Å². The summed E-state index contributed by atoms with van der Waals surface area (Å²) >= 11 is 12.2. The molecule has 0 aliphatic carbocycles. The van der Waals surface area contributed by atoms with Crippen LogP contribution < -0.4 is 5.32 Å². The first-order chi connectivity index (χ1) is 8.82. The van der Waals surface area contributed by atoms with Crippen molar-refractivity contribution in [2.24, 2.45) is 5.92 Å². The molecule has 0 spiro atoms. The summed E-state index contributed by atoms with van der Waals surface area (Å²) in [5.41, 5.74) is 1.09. The van der Waals surface area contributed by atoms with Crippen LogP contribution in [0.25, 0.3) is 0 Å². The van der Waals surface area contributed by atoms with Crippen molar-refractivity contribution in [3.63, 3.8) is 0 Å². The van der Waals surface area contributed by atoms with Crippen LogP contribution in [0.5, 0.6) is 0 Å². The van der Waals surface area contributed by atoms with E-state index in [0.29, 0.717) is 17.0 Å². The zero-order valence-corrected chi connectivity index (χ0v) is 13.9. The standard InChI is InChI=1S/C15H24Cl2N2/c1-10(2)15(19(4)5)9-18-11(3)13-7-6-12(16)8-14(13)17/h6-8,10-11,15,18H,9H2,1-5H3. The van der Waals surface area contributed by atoms with Gasteiger partial charge in [-0.05, 0) is 44.6 Å². The average Bonchev–Trinajstić information content (AvgIpc) is 2.27. The van der Waals surface area contributed by atoms with Gasteiger partial charge in [-0.3, -0.25) is 0 Å². The van der Waals surface area contributed by atoms with E-state index >= 15 is 0 Å². The molecule has 1 N–H and O–H groups in total. The number of halogens is 2. The third-order valence-corrected chi connectivity index (χ3v) is 4.06. The average molecular weight is 303 g/mol. The van der Waals surface area contributed by atoms with E-state index < -0.39 is 0 Å². The zero-order valence-electron chi connectivity index (χ0n) is 12.4. The van der Waals surface area contributed by atoms with Gasteiger partial charge in [0.1, 0.15) is 0 Å². The Morgan fingerprint density at radius 3 is 2.26 bits per heavy atom. The second-order valence-electron chi connectivity index (χ2n) is 5.57. The van der Waals surface area contributed by atoms with Crippen molar-refractivity contribution < 1.29 is 0 Å². The third kappa shape index (κ3) is 4.96. The first-order valence-electron chi connectivity index (χ1n) is 6.67. The molecule has 1 rings (SSSR count). The smallest absolute Gasteiger partial charge is 0.0468 e. The molecule has 1 aromatic carbocycles. The Hall–Kier alpha value is -0.280. The fourth-order valence-electron chi connectivity index (χ4n) is 2.27. The summed E-state index contributed by atoms with van der Waals surface area (Å²) in [6, 6.07) is 6.39. The maximum absolute atomic E-state index is 6.23. The van der Waals surface area contributed by atoms with Crippen LogP contribution in [0.2, 0.25) is 10.0 Å². The number of likely N-dealkylation sites (N-methyl/N-ethyl adjacent to an activating group) is 1. The van der Waals surface area contributed by atoms with Gasteiger partial charge in [-0.1, -0.05) is 43.1 Å². The summed E-state index contributed by atoms with van der Waals surface area (Å²) in [5.74, 6) is 0.607. The van der Waals surface area contributed by atoms with Gasteiger partial charge in [-0.15, -0.1) is 0 Å². The van der Waals surface area contributed by atoms with Crippen LogP contribution in [0.1, 0.15) is 32.4 Å². The predicted octanol–water partition coefficient (Wildman–Crippen LogP) is 4.23. The SMILES string of the molecule is CC(NCC(C(C)C)N(C)C)c1ccc(Cl)cc1Cl. The second-order valence-corrected chi connectivity index (χ2v) is 6.41. The van der Waals surface area contributed by atoms with E-state index in [4.69, 9.17) is 23.2 Å². The fraction of sp³-hybridized carbons (Fsp3) is 0.600. The van der Waals surface area contributed by atoms with Crippen molar-refractivity contribution in [2.45, 2.75) is 32.9 Å². The summed E-state index contributed by atoms with van der Waals surface area (Å²) in [4.78, 5) is 2.26. The number of rotatable bonds is 6. The molecule has 0 fully saturated rings. The third-order valence-electron chi connectivity index (χ3n) is 3.50. The first-order valence-corrected chi connectivity index (χ1v) is 7.43. The number of hydrogen-bond acceptors (Lipinski definition) is 2. The molecule has 1 aromatic rings. The van der Waals surface area contributed by atoms with Gasteiger partial charge < -0.3 is 10.2 Å². The largest absolute Gasteiger partial charge is 0.309 e. The first kappa shape index (κ1) is 16.8. The molecule has 0 radical (unpaired) electrons. The molecule has 0 aliphatic heterocycles. The number of nitrogens with one attached hydrogen (secondary N) is 1. The highest BCUT2D eigenvalue weighted by atomic mass is 35.5. The van der Waals surface area contributed by atoms with Gasteiger partial charge in [-0.25, -0.2) is 0 Å². The Balaban J connectivity index is 2.66. The lowest BCUT2D eigenvalue weighted by molar-refractivity contribution is 0.220. The topological polar surface area (TPSA) is 15.3 Å². The van der Waals surface area contributed by atoms with Crippen LogP contribution in [0.15, 0.2) is 18.2 Å². The molecule has 0 saturated carbocycles. The minimum atomic E-state index is 0.214. The van der Waals surface area contributed by atoms with Crippen molar-refractivity contribution in [1.82, 2.24) is 10.2 Å². The quantitative estimate of drug-likeness (QED) is 0.846. The van der Waals surface area contributed by atoms with Gasteiger partial charge in [0, 0.05) is 28.7 Å². The van der Waals surface area contributed by atoms with Gasteiger partial charge in [0.2, 0.25) is 0 Å². The molecule has 2 unspecified atom stereocenters. The summed E-state index contributed by atoms with van der Waals surface area (Å²) in [6.45, 7) is 7.55. The van der Waals surface area contributed by atoms with Crippen molar-refractivity contribution in [2.75, 3.05) is 20.6 Å². The Kier molecular flexibility index (Phi) is 6.61. The molecular weight excluding hydrogens is 279 g/mol. The molecule has 0 heterocycles. The molecule has 2 atom stereocenters. The van der Waals surface area contributed by atoms with Crippen molar-refractivity contribution in [3.8, 4) is 0 Å². The summed E-state index contributed by atoms with van der Waals surface area (Å²) in [7, 11) is 4.23. The van der Waals surface area contributed by atoms with E-state index in [1.807, 2.05) is 12.1 Å². The minimum Gasteiger partial charge on any atom is -0.309 e. The molecule has 0 bridgehead atoms. The highest BCUT2D eigenvalue weighted by Crippen LogP contribution is 2.26. The van der Waals surface area contributed by atoms with E-state index in [1.54, 1.807) is 6.07 Å². The minimum absolute atomic E-state index is 0.214. The zero-order chi connectivity index (χ0) is 14.6. The molecule has 19 heavy (non-hydrogen) atoms. The van der Waals surface area contributed by atoms with Gasteiger partial charge in [0.05, 0.1) is 0 Å². The van der Waals surface area contributed by atoms with Crippen LogP contribution >= 0.6 is 23.2 Å². The van der Waals surface area contributed by atoms with Crippen LogP contribution in [-0.2, 0) is 0 Å². The predicted molar refractivity (Wildman–Crippen MR) is 85.2 cm³/mol. The molecule has 2 nitrogen and oxygen atoms in total. The summed E-state index contributed by atoms with van der Waals surface area (Å²) in [5, 5.41) is 4.95. The Labute approximate surface area is 127 Å². The molecule has 0 aliphatic rings. The fourth-order valence-corrected chi connectivity index (χ4v) is 2.85. The lowest BCUT2D eigenvalue weighted by Crippen LogP contribution is -2.42. The van der Waals surface area contributed by atoms with Crippen LogP contribution in [0, 0.1) is 5.92 Å². The monoisotopic (exact) mass is 302 g/mol. The Bertz CT molecular complexity index is 397. The normalized spacial score (nSPS) is 15.0. The number of benzene rings is 1. The number of hydrogen-bond donors (Lipinski definition) is 1. The van der Waals surface area contributed by atoms with E-state index in [-0.39, 0.29) is 6.04 Å². The molecule has 0 saturated heterocycles. The van der Waals surface area contributed by atoms with Crippen molar-refractivity contribution in [3.05, 3.63) is 33.8 Å². The Morgan fingerprint density at radius 1 is 1.16 bits per heavy atom. The molecule has 4 heteroatoms. The summed E-state index contributed by atoms with van der Waals surface area (Å²) < 4.78 is 0. The second kappa shape index (κ2) is 7.49. The van der Waals surface area contributed by atoms with E-state index in [1.165, 1.54) is 0 Å². The van der Waals surface area contributed by atoms with Crippen LogP contribution in [0.4, 0.5) is 0 Å². The van der Waals surface area contributed by atoms with Crippen LogP contribution in [-0.4, -0.2) is 31.6 Å². The maximum atomic E-state index is 6.23. The molecule has 108 valence electrons.